The molecule has 3 atom stereocenters. The summed E-state index contributed by atoms with van der Waals surface area (Å²) in [6.45, 7) is 7.09. The molecule has 1 N–H and O–H groups in total. The highest BCUT2D eigenvalue weighted by molar-refractivity contribution is 5.01. The van der Waals surface area contributed by atoms with Gasteiger partial charge in [0.1, 0.15) is 0 Å². The average molecular weight is 254 g/mol. The van der Waals surface area contributed by atoms with Crippen LogP contribution in [0.1, 0.15) is 59.3 Å². The van der Waals surface area contributed by atoms with Gasteiger partial charge in [-0.2, -0.15) is 0 Å². The zero-order valence-electron chi connectivity index (χ0n) is 13.4. The molecule has 0 aromatic rings. The number of rotatable bonds is 6. The van der Waals surface area contributed by atoms with Gasteiger partial charge in [-0.1, -0.05) is 33.6 Å². The molecule has 0 saturated heterocycles. The number of nitrogens with one attached hydrogen (secondary N) is 1. The van der Waals surface area contributed by atoms with Gasteiger partial charge in [0, 0.05) is 11.6 Å². The normalized spacial score (nSPS) is 31.0. The molecular formula is C16H34N2. The predicted octanol–water partition coefficient (Wildman–Crippen LogP) is 3.52. The summed E-state index contributed by atoms with van der Waals surface area (Å²) in [6, 6.07) is 0.637. The van der Waals surface area contributed by atoms with Crippen molar-refractivity contribution in [3.63, 3.8) is 0 Å². The van der Waals surface area contributed by atoms with Crippen LogP contribution in [-0.2, 0) is 0 Å². The van der Waals surface area contributed by atoms with Crippen molar-refractivity contribution in [3.8, 4) is 0 Å². The van der Waals surface area contributed by atoms with Gasteiger partial charge in [0.05, 0.1) is 0 Å². The molecule has 18 heavy (non-hydrogen) atoms. The molecule has 1 aliphatic rings. The van der Waals surface area contributed by atoms with E-state index in [2.05, 4.69) is 52.1 Å². The van der Waals surface area contributed by atoms with Gasteiger partial charge in [0.25, 0.3) is 0 Å². The number of likely N-dealkylation sites (N-methyl/N-ethyl adjacent to an activating group) is 2. The van der Waals surface area contributed by atoms with Gasteiger partial charge in [-0.05, 0) is 58.7 Å². The van der Waals surface area contributed by atoms with Gasteiger partial charge < -0.3 is 10.2 Å². The first-order chi connectivity index (χ1) is 8.42. The molecule has 2 heteroatoms. The van der Waals surface area contributed by atoms with Crippen molar-refractivity contribution < 1.29 is 0 Å². The van der Waals surface area contributed by atoms with Gasteiger partial charge in [0.15, 0.2) is 0 Å². The fraction of sp³-hybridized carbons (Fsp3) is 1.00. The van der Waals surface area contributed by atoms with Crippen LogP contribution in [0.25, 0.3) is 0 Å². The molecule has 1 rings (SSSR count). The second kappa shape index (κ2) is 6.91. The van der Waals surface area contributed by atoms with Crippen LogP contribution in [-0.4, -0.2) is 37.6 Å². The molecule has 0 aromatic carbocycles. The minimum absolute atomic E-state index is 0.376. The Hall–Kier alpha value is -0.0800. The number of nitrogens with zero attached hydrogens (tertiary/aromatic N) is 1. The zero-order chi connectivity index (χ0) is 13.8. The summed E-state index contributed by atoms with van der Waals surface area (Å²) in [6.07, 6.45) is 8.14. The van der Waals surface area contributed by atoms with Gasteiger partial charge in [-0.15, -0.1) is 0 Å². The summed E-state index contributed by atoms with van der Waals surface area (Å²) in [4.78, 5) is 2.50. The van der Waals surface area contributed by atoms with Crippen molar-refractivity contribution in [3.05, 3.63) is 0 Å². The van der Waals surface area contributed by atoms with Gasteiger partial charge in [0.2, 0.25) is 0 Å². The standard InChI is InChI=1S/C16H34N2/c1-13(2)9-10-15(17-4)16(18(5)6)11-7-8-14(3)12-16/h13-15,17H,7-12H2,1-6H3. The Morgan fingerprint density at radius 1 is 1.28 bits per heavy atom. The van der Waals surface area contributed by atoms with E-state index in [1.165, 1.54) is 38.5 Å². The van der Waals surface area contributed by atoms with Gasteiger partial charge in [-0.3, -0.25) is 0 Å². The smallest absolute Gasteiger partial charge is 0.0358 e. The van der Waals surface area contributed by atoms with E-state index in [0.717, 1.165) is 11.8 Å². The van der Waals surface area contributed by atoms with Crippen LogP contribution in [0.2, 0.25) is 0 Å². The van der Waals surface area contributed by atoms with E-state index in [1.807, 2.05) is 0 Å². The highest BCUT2D eigenvalue weighted by Gasteiger charge is 2.42. The second-order valence-corrected chi connectivity index (χ2v) is 7.01. The largest absolute Gasteiger partial charge is 0.315 e. The molecule has 0 spiro atoms. The lowest BCUT2D eigenvalue weighted by Gasteiger charge is -2.50. The van der Waals surface area contributed by atoms with Crippen LogP contribution in [0.15, 0.2) is 0 Å². The minimum Gasteiger partial charge on any atom is -0.315 e. The monoisotopic (exact) mass is 254 g/mol. The third-order valence-electron chi connectivity index (χ3n) is 4.93. The molecule has 1 aliphatic carbocycles. The summed E-state index contributed by atoms with van der Waals surface area (Å²) in [5.41, 5.74) is 0.376. The first kappa shape index (κ1) is 16.0. The molecule has 1 saturated carbocycles. The highest BCUT2D eigenvalue weighted by atomic mass is 15.2. The Bertz CT molecular complexity index is 237. The van der Waals surface area contributed by atoms with Crippen LogP contribution in [0, 0.1) is 11.8 Å². The molecule has 0 amide bonds. The summed E-state index contributed by atoms with van der Waals surface area (Å²) in [5, 5.41) is 3.63. The molecule has 0 bridgehead atoms. The fourth-order valence-corrected chi connectivity index (χ4v) is 3.78. The predicted molar refractivity (Wildman–Crippen MR) is 81.0 cm³/mol. The quantitative estimate of drug-likeness (QED) is 0.780. The fourth-order valence-electron chi connectivity index (χ4n) is 3.78. The second-order valence-electron chi connectivity index (χ2n) is 7.01. The SMILES string of the molecule is CNC(CCC(C)C)C1(N(C)C)CCCC(C)C1. The lowest BCUT2D eigenvalue weighted by molar-refractivity contribution is 0.0352. The van der Waals surface area contributed by atoms with Crippen LogP contribution < -0.4 is 5.32 Å². The Labute approximate surface area is 115 Å². The molecule has 0 radical (unpaired) electrons. The van der Waals surface area contributed by atoms with E-state index >= 15 is 0 Å². The Morgan fingerprint density at radius 3 is 2.39 bits per heavy atom. The van der Waals surface area contributed by atoms with Crippen LogP contribution in [0.5, 0.6) is 0 Å². The Balaban J connectivity index is 2.79. The van der Waals surface area contributed by atoms with E-state index in [4.69, 9.17) is 0 Å². The van der Waals surface area contributed by atoms with E-state index in [-0.39, 0.29) is 0 Å². The Morgan fingerprint density at radius 2 is 1.94 bits per heavy atom. The summed E-state index contributed by atoms with van der Waals surface area (Å²) >= 11 is 0. The molecule has 0 aliphatic heterocycles. The van der Waals surface area contributed by atoms with E-state index in [1.54, 1.807) is 0 Å². The maximum absolute atomic E-state index is 3.63. The summed E-state index contributed by atoms with van der Waals surface area (Å²) in [5.74, 6) is 1.68. The van der Waals surface area contributed by atoms with E-state index < -0.39 is 0 Å². The molecule has 0 heterocycles. The van der Waals surface area contributed by atoms with Crippen LogP contribution >= 0.6 is 0 Å². The molecule has 0 aromatic heterocycles. The lowest BCUT2D eigenvalue weighted by Crippen LogP contribution is -2.60. The van der Waals surface area contributed by atoms with E-state index in [9.17, 15) is 0 Å². The van der Waals surface area contributed by atoms with Crippen LogP contribution in [0.3, 0.4) is 0 Å². The van der Waals surface area contributed by atoms with Crippen molar-refractivity contribution >= 4 is 0 Å². The molecule has 1 fully saturated rings. The first-order valence-electron chi connectivity index (χ1n) is 7.77. The van der Waals surface area contributed by atoms with Crippen molar-refractivity contribution in [2.75, 3.05) is 21.1 Å². The van der Waals surface area contributed by atoms with E-state index in [0.29, 0.717) is 11.6 Å². The summed E-state index contributed by atoms with van der Waals surface area (Å²) < 4.78 is 0. The van der Waals surface area contributed by atoms with Crippen molar-refractivity contribution in [2.45, 2.75) is 70.9 Å². The third-order valence-corrected chi connectivity index (χ3v) is 4.93. The topological polar surface area (TPSA) is 15.3 Å². The lowest BCUT2D eigenvalue weighted by atomic mass is 9.70. The van der Waals surface area contributed by atoms with Crippen molar-refractivity contribution in [1.82, 2.24) is 10.2 Å². The minimum atomic E-state index is 0.376. The van der Waals surface area contributed by atoms with Gasteiger partial charge in [-0.25, -0.2) is 0 Å². The maximum atomic E-state index is 3.63. The van der Waals surface area contributed by atoms with Crippen molar-refractivity contribution in [1.29, 1.82) is 0 Å². The number of hydrogen-bond donors (Lipinski definition) is 1. The maximum Gasteiger partial charge on any atom is 0.0358 e. The molecule has 108 valence electrons. The van der Waals surface area contributed by atoms with Crippen LogP contribution in [0.4, 0.5) is 0 Å². The third kappa shape index (κ3) is 3.71. The zero-order valence-corrected chi connectivity index (χ0v) is 13.4. The first-order valence-corrected chi connectivity index (χ1v) is 7.77. The number of hydrogen-bond acceptors (Lipinski definition) is 2. The molecular weight excluding hydrogens is 220 g/mol. The average Bonchev–Trinajstić information content (AvgIpc) is 2.29. The molecule has 2 nitrogen and oxygen atoms in total. The van der Waals surface area contributed by atoms with Crippen molar-refractivity contribution in [2.24, 2.45) is 11.8 Å². The van der Waals surface area contributed by atoms with Gasteiger partial charge >= 0.3 is 0 Å². The highest BCUT2D eigenvalue weighted by Crippen LogP contribution is 2.39. The Kier molecular flexibility index (Phi) is 6.13. The summed E-state index contributed by atoms with van der Waals surface area (Å²) in [7, 11) is 6.70. The molecule has 3 unspecified atom stereocenters.